The van der Waals surface area contributed by atoms with Crippen molar-refractivity contribution in [2.24, 2.45) is 0 Å². The van der Waals surface area contributed by atoms with Crippen molar-refractivity contribution in [3.63, 3.8) is 0 Å². The lowest BCUT2D eigenvalue weighted by Gasteiger charge is -1.98. The number of rotatable bonds is 3. The Hall–Kier alpha value is -2.49. The van der Waals surface area contributed by atoms with E-state index in [4.69, 9.17) is 0 Å². The summed E-state index contributed by atoms with van der Waals surface area (Å²) < 4.78 is 4.57. The summed E-state index contributed by atoms with van der Waals surface area (Å²) in [5, 5.41) is 0. The molecule has 2 aromatic rings. The molecular formula is C14H12N2O2. The maximum Gasteiger partial charge on any atom is 0.376 e. The number of nitrogens with zero attached hydrogens (tertiary/aromatic N) is 2. The van der Waals surface area contributed by atoms with Gasteiger partial charge in [-0.25, -0.2) is 14.8 Å². The lowest BCUT2D eigenvalue weighted by atomic mass is 10.2. The van der Waals surface area contributed by atoms with Crippen molar-refractivity contribution in [2.75, 3.05) is 7.11 Å². The molecule has 4 heteroatoms. The van der Waals surface area contributed by atoms with Gasteiger partial charge in [-0.2, -0.15) is 0 Å². The van der Waals surface area contributed by atoms with Gasteiger partial charge in [0.2, 0.25) is 5.82 Å². The summed E-state index contributed by atoms with van der Waals surface area (Å²) in [7, 11) is 1.30. The molecule has 1 aromatic heterocycles. The second-order valence-electron chi connectivity index (χ2n) is 3.54. The Bertz CT molecular complexity index is 565. The van der Waals surface area contributed by atoms with Gasteiger partial charge in [-0.3, -0.25) is 0 Å². The quantitative estimate of drug-likeness (QED) is 0.773. The zero-order chi connectivity index (χ0) is 12.8. The second kappa shape index (κ2) is 5.72. The predicted molar refractivity (Wildman–Crippen MR) is 68.7 cm³/mol. The molecule has 0 spiro atoms. The molecular weight excluding hydrogens is 228 g/mol. The smallest absolute Gasteiger partial charge is 0.376 e. The van der Waals surface area contributed by atoms with Crippen LogP contribution in [-0.2, 0) is 4.74 Å². The van der Waals surface area contributed by atoms with Crippen LogP contribution in [-0.4, -0.2) is 23.0 Å². The molecule has 1 aromatic carbocycles. The molecule has 0 unspecified atom stereocenters. The van der Waals surface area contributed by atoms with E-state index in [0.29, 0.717) is 5.69 Å². The Balaban J connectivity index is 2.20. The van der Waals surface area contributed by atoms with Gasteiger partial charge in [0.05, 0.1) is 12.8 Å². The summed E-state index contributed by atoms with van der Waals surface area (Å²) in [6, 6.07) is 11.6. The third-order valence-electron chi connectivity index (χ3n) is 2.29. The monoisotopic (exact) mass is 240 g/mol. The summed E-state index contributed by atoms with van der Waals surface area (Å²) in [5.41, 5.74) is 1.73. The van der Waals surface area contributed by atoms with E-state index in [1.165, 1.54) is 13.3 Å². The molecule has 0 aliphatic rings. The minimum Gasteiger partial charge on any atom is -0.463 e. The molecule has 0 fully saturated rings. The van der Waals surface area contributed by atoms with E-state index < -0.39 is 5.97 Å². The van der Waals surface area contributed by atoms with E-state index >= 15 is 0 Å². The number of ether oxygens (including phenoxy) is 1. The topological polar surface area (TPSA) is 52.1 Å². The highest BCUT2D eigenvalue weighted by molar-refractivity contribution is 5.85. The van der Waals surface area contributed by atoms with Gasteiger partial charge in [0.15, 0.2) is 0 Å². The summed E-state index contributed by atoms with van der Waals surface area (Å²) >= 11 is 0. The average molecular weight is 240 g/mol. The van der Waals surface area contributed by atoms with Crippen molar-refractivity contribution in [2.45, 2.75) is 0 Å². The fourth-order valence-corrected chi connectivity index (χ4v) is 1.40. The molecule has 18 heavy (non-hydrogen) atoms. The first kappa shape index (κ1) is 12.0. The lowest BCUT2D eigenvalue weighted by molar-refractivity contribution is 0.0586. The summed E-state index contributed by atoms with van der Waals surface area (Å²) in [4.78, 5) is 19.2. The molecule has 0 bridgehead atoms. The average Bonchev–Trinajstić information content (AvgIpc) is 2.45. The van der Waals surface area contributed by atoms with Crippen LogP contribution in [0.1, 0.15) is 21.9 Å². The minimum absolute atomic E-state index is 0.0627. The van der Waals surface area contributed by atoms with Crippen molar-refractivity contribution in [3.8, 4) is 0 Å². The van der Waals surface area contributed by atoms with Crippen LogP contribution in [0, 0.1) is 0 Å². The molecule has 0 amide bonds. The number of aromatic nitrogens is 2. The first-order chi connectivity index (χ1) is 8.79. The molecule has 0 aliphatic heterocycles. The van der Waals surface area contributed by atoms with E-state index in [2.05, 4.69) is 14.7 Å². The highest BCUT2D eigenvalue weighted by atomic mass is 16.5. The van der Waals surface area contributed by atoms with Crippen LogP contribution >= 0.6 is 0 Å². The maximum atomic E-state index is 11.3. The van der Waals surface area contributed by atoms with Crippen molar-refractivity contribution in [1.29, 1.82) is 0 Å². The Morgan fingerprint density at radius 1 is 1.17 bits per heavy atom. The number of carbonyl (C=O) groups excluding carboxylic acids is 1. The van der Waals surface area contributed by atoms with E-state index in [9.17, 15) is 4.79 Å². The minimum atomic E-state index is -0.537. The van der Waals surface area contributed by atoms with Gasteiger partial charge in [-0.05, 0) is 17.7 Å². The van der Waals surface area contributed by atoms with E-state index in [0.717, 1.165) is 5.56 Å². The molecule has 1 heterocycles. The first-order valence-electron chi connectivity index (χ1n) is 5.44. The first-order valence-corrected chi connectivity index (χ1v) is 5.44. The van der Waals surface area contributed by atoms with Gasteiger partial charge in [0, 0.05) is 6.20 Å². The standard InChI is InChI=1S/C14H12N2O2/c1-18-14(17)13-15-10-9-12(16-13)8-7-11-5-3-2-4-6-11/h2-10H,1H3. The zero-order valence-electron chi connectivity index (χ0n) is 9.91. The number of hydrogen-bond acceptors (Lipinski definition) is 4. The van der Waals surface area contributed by atoms with Gasteiger partial charge in [-0.1, -0.05) is 36.4 Å². The Kier molecular flexibility index (Phi) is 3.81. The molecule has 0 radical (unpaired) electrons. The normalized spacial score (nSPS) is 10.5. The molecule has 90 valence electrons. The number of hydrogen-bond donors (Lipinski definition) is 0. The number of methoxy groups -OCH3 is 1. The van der Waals surface area contributed by atoms with E-state index in [1.807, 2.05) is 42.5 Å². The number of benzene rings is 1. The van der Waals surface area contributed by atoms with Gasteiger partial charge in [0.25, 0.3) is 0 Å². The van der Waals surface area contributed by atoms with Crippen molar-refractivity contribution < 1.29 is 9.53 Å². The van der Waals surface area contributed by atoms with Crippen molar-refractivity contribution in [3.05, 3.63) is 59.7 Å². The SMILES string of the molecule is COC(=O)c1nccc(C=Cc2ccccc2)n1. The predicted octanol–water partition coefficient (Wildman–Crippen LogP) is 2.43. The van der Waals surface area contributed by atoms with Crippen LogP contribution in [0.2, 0.25) is 0 Å². The van der Waals surface area contributed by atoms with E-state index in [-0.39, 0.29) is 5.82 Å². The largest absolute Gasteiger partial charge is 0.463 e. The lowest BCUT2D eigenvalue weighted by Crippen LogP contribution is -2.07. The Morgan fingerprint density at radius 2 is 1.94 bits per heavy atom. The molecule has 4 nitrogen and oxygen atoms in total. The van der Waals surface area contributed by atoms with E-state index in [1.54, 1.807) is 6.07 Å². The van der Waals surface area contributed by atoms with Crippen LogP contribution < -0.4 is 0 Å². The fraction of sp³-hybridized carbons (Fsp3) is 0.0714. The summed E-state index contributed by atoms with van der Waals surface area (Å²) in [5.74, 6) is -0.474. The summed E-state index contributed by atoms with van der Waals surface area (Å²) in [6.07, 6.45) is 5.27. The maximum absolute atomic E-state index is 11.3. The van der Waals surface area contributed by atoms with Gasteiger partial charge in [0.1, 0.15) is 0 Å². The van der Waals surface area contributed by atoms with Crippen LogP contribution in [0.5, 0.6) is 0 Å². The highest BCUT2D eigenvalue weighted by Crippen LogP contribution is 2.06. The molecule has 2 rings (SSSR count). The van der Waals surface area contributed by atoms with Crippen LogP contribution in [0.3, 0.4) is 0 Å². The Morgan fingerprint density at radius 3 is 2.67 bits per heavy atom. The third-order valence-corrected chi connectivity index (χ3v) is 2.29. The van der Waals surface area contributed by atoms with Crippen LogP contribution in [0.25, 0.3) is 12.2 Å². The van der Waals surface area contributed by atoms with Gasteiger partial charge < -0.3 is 4.74 Å². The number of esters is 1. The van der Waals surface area contributed by atoms with Gasteiger partial charge >= 0.3 is 5.97 Å². The third kappa shape index (κ3) is 3.01. The molecule has 0 N–H and O–H groups in total. The molecule has 0 atom stereocenters. The fourth-order valence-electron chi connectivity index (χ4n) is 1.40. The summed E-state index contributed by atoms with van der Waals surface area (Å²) in [6.45, 7) is 0. The van der Waals surface area contributed by atoms with Gasteiger partial charge in [-0.15, -0.1) is 0 Å². The second-order valence-corrected chi connectivity index (χ2v) is 3.54. The number of carbonyl (C=O) groups is 1. The molecule has 0 saturated carbocycles. The zero-order valence-corrected chi connectivity index (χ0v) is 9.91. The van der Waals surface area contributed by atoms with Crippen molar-refractivity contribution >= 4 is 18.1 Å². The Labute approximate surface area is 105 Å². The van der Waals surface area contributed by atoms with Crippen molar-refractivity contribution in [1.82, 2.24) is 9.97 Å². The molecule has 0 saturated heterocycles. The van der Waals surface area contributed by atoms with Crippen LogP contribution in [0.4, 0.5) is 0 Å². The highest BCUT2D eigenvalue weighted by Gasteiger charge is 2.07. The van der Waals surface area contributed by atoms with Crippen LogP contribution in [0.15, 0.2) is 42.6 Å². The molecule has 0 aliphatic carbocycles.